The average Bonchev–Trinajstić information content (AvgIpc) is 2.59. The molecule has 1 fully saturated rings. The van der Waals surface area contributed by atoms with Crippen LogP contribution in [0, 0.1) is 0 Å². The average molecular weight is 328 g/mol. The van der Waals surface area contributed by atoms with Crippen molar-refractivity contribution in [3.8, 4) is 0 Å². The molecule has 0 radical (unpaired) electrons. The zero-order valence-electron chi connectivity index (χ0n) is 13.3. The SMILES string of the molecule is C=C1NC(=O)NC=C1C1O[C@H](CCP(=C)(C)C)[C@@H](O)[C@@]1(C)O. The number of aliphatic hydroxyl groups excluding tert-OH is 1. The molecular weight excluding hydrogens is 303 g/mol. The van der Waals surface area contributed by atoms with E-state index in [1.165, 1.54) is 13.1 Å². The van der Waals surface area contributed by atoms with E-state index in [1.54, 1.807) is 0 Å². The van der Waals surface area contributed by atoms with Crippen LogP contribution < -0.4 is 10.6 Å². The minimum atomic E-state index is -1.45. The summed E-state index contributed by atoms with van der Waals surface area (Å²) in [4.78, 5) is 11.3. The Hall–Kier alpha value is -1.07. The molecule has 4 N–H and O–H groups in total. The molecule has 6 nitrogen and oxygen atoms in total. The van der Waals surface area contributed by atoms with E-state index in [-0.39, 0.29) is 6.03 Å². The standard InChI is InChI=1S/C15H25N2O4P/c1-9-10(8-16-14(19)17-9)13-15(2,20)12(18)11(21-13)6-7-22(3,4)5/h8,11-13,18,20H,1,3,6-7H2,2,4-5H3,(H2,16,17,19)/t11-,12-,13?,15-/m1/s1. The summed E-state index contributed by atoms with van der Waals surface area (Å²) in [5.74, 6) is 0. The van der Waals surface area contributed by atoms with Gasteiger partial charge in [-0.15, -0.1) is 13.2 Å². The van der Waals surface area contributed by atoms with Crippen molar-refractivity contribution in [1.82, 2.24) is 10.6 Å². The van der Waals surface area contributed by atoms with Crippen LogP contribution in [0.2, 0.25) is 0 Å². The second-order valence-electron chi connectivity index (χ2n) is 6.85. The van der Waals surface area contributed by atoms with Gasteiger partial charge in [-0.25, -0.2) is 4.79 Å². The number of aliphatic hydroxyl groups is 2. The van der Waals surface area contributed by atoms with E-state index in [1.807, 2.05) is 0 Å². The largest absolute Gasteiger partial charge is 0.387 e. The zero-order chi connectivity index (χ0) is 16.7. The van der Waals surface area contributed by atoms with Crippen LogP contribution in [0.3, 0.4) is 0 Å². The molecule has 2 aliphatic rings. The molecule has 2 heterocycles. The third-order valence-electron chi connectivity index (χ3n) is 4.07. The fourth-order valence-electron chi connectivity index (χ4n) is 2.72. The first-order valence-electron chi connectivity index (χ1n) is 7.22. The number of carbonyl (C=O) groups is 1. The predicted molar refractivity (Wildman–Crippen MR) is 89.6 cm³/mol. The maximum absolute atomic E-state index is 11.3. The van der Waals surface area contributed by atoms with Crippen LogP contribution in [0.25, 0.3) is 0 Å². The molecule has 0 spiro atoms. The smallest absolute Gasteiger partial charge is 0.323 e. The topological polar surface area (TPSA) is 90.8 Å². The van der Waals surface area contributed by atoms with Gasteiger partial charge in [0.05, 0.1) is 6.10 Å². The second kappa shape index (κ2) is 5.85. The fourth-order valence-corrected chi connectivity index (χ4v) is 3.67. The molecular formula is C15H25N2O4P. The summed E-state index contributed by atoms with van der Waals surface area (Å²) in [6.45, 7) is 8.32. The first-order chi connectivity index (χ1) is 10.0. The van der Waals surface area contributed by atoms with Gasteiger partial charge in [0.15, 0.2) is 0 Å². The number of carbonyl (C=O) groups excluding carboxylic acids is 1. The lowest BCUT2D eigenvalue weighted by molar-refractivity contribution is -0.0516. The van der Waals surface area contributed by atoms with Crippen molar-refractivity contribution >= 4 is 19.2 Å². The Kier molecular flexibility index (Phi) is 4.60. The number of urea groups is 1. The molecule has 1 unspecified atom stereocenters. The molecule has 0 saturated carbocycles. The lowest BCUT2D eigenvalue weighted by atomic mass is 9.87. The molecule has 0 aromatic heterocycles. The van der Waals surface area contributed by atoms with Crippen LogP contribution >= 0.6 is 6.89 Å². The molecule has 2 rings (SSSR count). The molecule has 1 saturated heterocycles. The Morgan fingerprint density at radius 1 is 1.50 bits per heavy atom. The van der Waals surface area contributed by atoms with Crippen molar-refractivity contribution in [1.29, 1.82) is 0 Å². The first kappa shape index (κ1) is 17.3. The number of hydrogen-bond acceptors (Lipinski definition) is 4. The maximum atomic E-state index is 11.3. The lowest BCUT2D eigenvalue weighted by Crippen LogP contribution is -2.49. The normalized spacial score (nSPS) is 35.9. The number of nitrogens with one attached hydrogen (secondary N) is 2. The van der Waals surface area contributed by atoms with E-state index in [2.05, 4.69) is 36.8 Å². The fraction of sp³-hybridized carbons (Fsp3) is 0.600. The number of amides is 2. The summed E-state index contributed by atoms with van der Waals surface area (Å²) in [5, 5.41) is 26.1. The van der Waals surface area contributed by atoms with Crippen molar-refractivity contribution in [3.05, 3.63) is 24.0 Å². The third kappa shape index (κ3) is 3.46. The van der Waals surface area contributed by atoms with Crippen molar-refractivity contribution in [2.24, 2.45) is 0 Å². The van der Waals surface area contributed by atoms with Crippen LogP contribution in [0.15, 0.2) is 24.0 Å². The quantitative estimate of drug-likeness (QED) is 0.571. The van der Waals surface area contributed by atoms with Gasteiger partial charge < -0.3 is 25.6 Å². The van der Waals surface area contributed by atoms with Gasteiger partial charge in [-0.3, -0.25) is 0 Å². The molecule has 0 bridgehead atoms. The summed E-state index contributed by atoms with van der Waals surface area (Å²) in [7, 11) is 0. The molecule has 124 valence electrons. The Bertz CT molecular complexity index is 564. The van der Waals surface area contributed by atoms with E-state index in [4.69, 9.17) is 4.74 Å². The Labute approximate surface area is 131 Å². The Balaban J connectivity index is 2.18. The van der Waals surface area contributed by atoms with Crippen molar-refractivity contribution < 1.29 is 19.7 Å². The second-order valence-corrected chi connectivity index (χ2v) is 11.2. The maximum Gasteiger partial charge on any atom is 0.323 e. The van der Waals surface area contributed by atoms with Crippen LogP contribution in [0.4, 0.5) is 4.79 Å². The molecule has 2 amide bonds. The third-order valence-corrected chi connectivity index (χ3v) is 5.53. The molecule has 2 aliphatic heterocycles. The summed E-state index contributed by atoms with van der Waals surface area (Å²) in [6, 6.07) is -0.382. The molecule has 7 heteroatoms. The highest BCUT2D eigenvalue weighted by Gasteiger charge is 2.53. The van der Waals surface area contributed by atoms with Gasteiger partial charge in [0.25, 0.3) is 0 Å². The number of rotatable bonds is 4. The highest BCUT2D eigenvalue weighted by atomic mass is 31.2. The Morgan fingerprint density at radius 3 is 2.68 bits per heavy atom. The van der Waals surface area contributed by atoms with E-state index >= 15 is 0 Å². The zero-order valence-corrected chi connectivity index (χ0v) is 14.2. The van der Waals surface area contributed by atoms with E-state index in [0.29, 0.717) is 17.7 Å². The summed E-state index contributed by atoms with van der Waals surface area (Å²) in [6.07, 6.45) is 4.90. The van der Waals surface area contributed by atoms with E-state index in [0.717, 1.165) is 6.16 Å². The first-order valence-corrected chi connectivity index (χ1v) is 10.3. The lowest BCUT2D eigenvalue weighted by Gasteiger charge is -2.30. The van der Waals surface area contributed by atoms with Gasteiger partial charge in [0.1, 0.15) is 17.8 Å². The predicted octanol–water partition coefficient (Wildman–Crippen LogP) is 0.675. The Morgan fingerprint density at radius 2 is 2.14 bits per heavy atom. The van der Waals surface area contributed by atoms with Gasteiger partial charge in [-0.05, 0) is 32.8 Å². The monoisotopic (exact) mass is 328 g/mol. The minimum Gasteiger partial charge on any atom is -0.387 e. The van der Waals surface area contributed by atoms with Gasteiger partial charge >= 0.3 is 6.03 Å². The van der Waals surface area contributed by atoms with E-state index < -0.39 is 30.8 Å². The molecule has 0 aliphatic carbocycles. The van der Waals surface area contributed by atoms with Gasteiger partial charge in [-0.2, -0.15) is 0 Å². The molecule has 0 aromatic rings. The van der Waals surface area contributed by atoms with Crippen LogP contribution in [0.1, 0.15) is 13.3 Å². The van der Waals surface area contributed by atoms with Gasteiger partial charge in [0, 0.05) is 17.5 Å². The highest BCUT2D eigenvalue weighted by molar-refractivity contribution is 7.72. The van der Waals surface area contributed by atoms with Gasteiger partial charge in [-0.1, -0.05) is 6.58 Å². The number of ether oxygens (including phenoxy) is 1. The summed E-state index contributed by atoms with van der Waals surface area (Å²) < 4.78 is 5.90. The highest BCUT2D eigenvalue weighted by Crippen LogP contribution is 2.42. The van der Waals surface area contributed by atoms with Crippen LogP contribution in [0.5, 0.6) is 0 Å². The van der Waals surface area contributed by atoms with Crippen LogP contribution in [-0.4, -0.2) is 65.9 Å². The van der Waals surface area contributed by atoms with Crippen molar-refractivity contribution in [2.75, 3.05) is 19.5 Å². The molecule has 0 aromatic carbocycles. The molecule has 22 heavy (non-hydrogen) atoms. The van der Waals surface area contributed by atoms with Gasteiger partial charge in [0.2, 0.25) is 0 Å². The number of hydrogen-bond donors (Lipinski definition) is 4. The van der Waals surface area contributed by atoms with Crippen molar-refractivity contribution in [3.63, 3.8) is 0 Å². The summed E-state index contributed by atoms with van der Waals surface area (Å²) >= 11 is 0. The minimum absolute atomic E-state index is 0.367. The van der Waals surface area contributed by atoms with Crippen LogP contribution in [-0.2, 0) is 4.74 Å². The van der Waals surface area contributed by atoms with E-state index in [9.17, 15) is 15.0 Å². The summed E-state index contributed by atoms with van der Waals surface area (Å²) in [5.41, 5.74) is -0.547. The van der Waals surface area contributed by atoms with Crippen molar-refractivity contribution in [2.45, 2.75) is 37.3 Å². The molecule has 4 atom stereocenters.